The van der Waals surface area contributed by atoms with Crippen molar-refractivity contribution < 1.29 is 18.0 Å². The van der Waals surface area contributed by atoms with Gasteiger partial charge in [-0.25, -0.2) is 0 Å². The molecule has 1 aromatic carbocycles. The third-order valence-corrected chi connectivity index (χ3v) is 4.17. The minimum atomic E-state index is -4.52. The molecule has 0 aliphatic heterocycles. The van der Waals surface area contributed by atoms with Gasteiger partial charge in [-0.1, -0.05) is 15.9 Å². The first-order valence-electron chi connectivity index (χ1n) is 5.81. The van der Waals surface area contributed by atoms with Crippen molar-refractivity contribution in [3.63, 3.8) is 0 Å². The van der Waals surface area contributed by atoms with Crippen molar-refractivity contribution in [2.45, 2.75) is 6.18 Å². The molecule has 2 rings (SSSR count). The summed E-state index contributed by atoms with van der Waals surface area (Å²) in [6, 6.07) is 3.53. The van der Waals surface area contributed by atoms with Gasteiger partial charge < -0.3 is 10.6 Å². The van der Waals surface area contributed by atoms with E-state index in [0.29, 0.717) is 0 Å². The summed E-state index contributed by atoms with van der Waals surface area (Å²) >= 11 is 3.67. The molecule has 3 N–H and O–H groups in total. The Balaban J connectivity index is 2.41. The smallest absolute Gasteiger partial charge is 0.355 e. The standard InChI is InChI=1S/C12H9BrF3N3O2S/c1-17-9(20)8-10(21)19-22-11(8)18-5-2-3-7(13)6(4-5)12(14,15)16/h2-4,18H,1H3,(H,17,20)(H,19,21). The number of hydrogen-bond acceptors (Lipinski definition) is 4. The molecule has 0 spiro atoms. The number of benzene rings is 1. The van der Waals surface area contributed by atoms with Gasteiger partial charge in [-0.05, 0) is 29.7 Å². The quantitative estimate of drug-likeness (QED) is 0.746. The number of aromatic nitrogens is 1. The van der Waals surface area contributed by atoms with Gasteiger partial charge in [-0.2, -0.15) is 13.2 Å². The first kappa shape index (κ1) is 16.6. The molecule has 0 bridgehead atoms. The second-order valence-electron chi connectivity index (χ2n) is 4.13. The number of nitrogens with one attached hydrogen (secondary N) is 3. The summed E-state index contributed by atoms with van der Waals surface area (Å²) < 4.78 is 40.8. The first-order chi connectivity index (χ1) is 10.2. The van der Waals surface area contributed by atoms with Gasteiger partial charge in [0.05, 0.1) is 5.56 Å². The van der Waals surface area contributed by atoms with Crippen molar-refractivity contribution in [1.29, 1.82) is 0 Å². The van der Waals surface area contributed by atoms with Crippen LogP contribution >= 0.6 is 27.5 Å². The predicted octanol–water partition coefficient (Wildman–Crippen LogP) is 3.32. The van der Waals surface area contributed by atoms with Crippen LogP contribution in [-0.2, 0) is 6.18 Å². The Hall–Kier alpha value is -1.81. The number of halogens is 4. The molecule has 1 aromatic heterocycles. The minimum Gasteiger partial charge on any atom is -0.355 e. The molecule has 0 unspecified atom stereocenters. The molecule has 0 aliphatic carbocycles. The van der Waals surface area contributed by atoms with Crippen LogP contribution in [0, 0.1) is 0 Å². The van der Waals surface area contributed by atoms with Crippen LogP contribution in [-0.4, -0.2) is 17.3 Å². The fraction of sp³-hybridized carbons (Fsp3) is 0.167. The fourth-order valence-electron chi connectivity index (χ4n) is 1.67. The van der Waals surface area contributed by atoms with Gasteiger partial charge in [0.2, 0.25) is 0 Å². The van der Waals surface area contributed by atoms with E-state index in [4.69, 9.17) is 0 Å². The number of anilines is 2. The Morgan fingerprint density at radius 2 is 2.05 bits per heavy atom. The second kappa shape index (κ2) is 6.13. The van der Waals surface area contributed by atoms with Crippen molar-refractivity contribution in [1.82, 2.24) is 9.69 Å². The van der Waals surface area contributed by atoms with E-state index in [-0.39, 0.29) is 20.7 Å². The van der Waals surface area contributed by atoms with Crippen LogP contribution in [0.15, 0.2) is 27.5 Å². The third kappa shape index (κ3) is 3.33. The summed E-state index contributed by atoms with van der Waals surface area (Å²) in [6.45, 7) is 0. The van der Waals surface area contributed by atoms with Gasteiger partial charge in [-0.15, -0.1) is 0 Å². The highest BCUT2D eigenvalue weighted by molar-refractivity contribution is 9.10. The number of carbonyl (C=O) groups excluding carboxylic acids is 1. The SMILES string of the molecule is CNC(=O)c1c(Nc2ccc(Br)c(C(F)(F)F)c2)s[nH]c1=O. The van der Waals surface area contributed by atoms with Gasteiger partial charge in [0.15, 0.2) is 0 Å². The maximum atomic E-state index is 12.9. The normalized spacial score (nSPS) is 11.3. The zero-order valence-corrected chi connectivity index (χ0v) is 13.4. The van der Waals surface area contributed by atoms with Gasteiger partial charge in [-0.3, -0.25) is 14.0 Å². The van der Waals surface area contributed by atoms with E-state index in [1.54, 1.807) is 0 Å². The van der Waals surface area contributed by atoms with E-state index < -0.39 is 23.2 Å². The Morgan fingerprint density at radius 3 is 2.64 bits per heavy atom. The van der Waals surface area contributed by atoms with E-state index in [1.165, 1.54) is 19.2 Å². The van der Waals surface area contributed by atoms with Crippen molar-refractivity contribution in [2.75, 3.05) is 12.4 Å². The van der Waals surface area contributed by atoms with Gasteiger partial charge in [0.25, 0.3) is 11.5 Å². The molecule has 1 amide bonds. The highest BCUT2D eigenvalue weighted by atomic mass is 79.9. The van der Waals surface area contributed by atoms with Crippen LogP contribution in [0.3, 0.4) is 0 Å². The molecular weight excluding hydrogens is 387 g/mol. The highest BCUT2D eigenvalue weighted by Gasteiger charge is 2.33. The number of aromatic amines is 1. The van der Waals surface area contributed by atoms with E-state index in [2.05, 4.69) is 30.9 Å². The maximum Gasteiger partial charge on any atom is 0.417 e. The van der Waals surface area contributed by atoms with Crippen LogP contribution in [0.2, 0.25) is 0 Å². The summed E-state index contributed by atoms with van der Waals surface area (Å²) in [5.74, 6) is -0.627. The molecule has 10 heteroatoms. The average molecular weight is 396 g/mol. The minimum absolute atomic E-state index is 0.0978. The van der Waals surface area contributed by atoms with Gasteiger partial charge in [0, 0.05) is 17.2 Å². The zero-order valence-electron chi connectivity index (χ0n) is 11.0. The molecule has 0 atom stereocenters. The molecule has 22 heavy (non-hydrogen) atoms. The number of H-pyrrole nitrogens is 1. The Labute approximate surface area is 134 Å². The van der Waals surface area contributed by atoms with Gasteiger partial charge in [0.1, 0.15) is 10.6 Å². The molecule has 2 aromatic rings. The lowest BCUT2D eigenvalue weighted by Crippen LogP contribution is -2.24. The Morgan fingerprint density at radius 1 is 1.36 bits per heavy atom. The maximum absolute atomic E-state index is 12.9. The molecule has 0 aliphatic rings. The first-order valence-corrected chi connectivity index (χ1v) is 7.42. The summed E-state index contributed by atoms with van der Waals surface area (Å²) in [5.41, 5.74) is -1.54. The Kier molecular flexibility index (Phi) is 4.61. The van der Waals surface area contributed by atoms with Crippen molar-refractivity contribution in [3.05, 3.63) is 44.2 Å². The van der Waals surface area contributed by atoms with E-state index in [1.807, 2.05) is 0 Å². The topological polar surface area (TPSA) is 74.0 Å². The lowest BCUT2D eigenvalue weighted by molar-refractivity contribution is -0.138. The molecule has 0 radical (unpaired) electrons. The number of carbonyl (C=O) groups is 1. The second-order valence-corrected chi connectivity index (χ2v) is 5.80. The lowest BCUT2D eigenvalue weighted by atomic mass is 10.2. The van der Waals surface area contributed by atoms with E-state index in [9.17, 15) is 22.8 Å². The molecule has 1 heterocycles. The van der Waals surface area contributed by atoms with Crippen LogP contribution in [0.5, 0.6) is 0 Å². The third-order valence-electron chi connectivity index (χ3n) is 2.68. The van der Waals surface area contributed by atoms with Crippen molar-refractivity contribution in [2.24, 2.45) is 0 Å². The number of rotatable bonds is 3. The molecule has 0 saturated heterocycles. The summed E-state index contributed by atoms with van der Waals surface area (Å²) in [6.07, 6.45) is -4.52. The van der Waals surface area contributed by atoms with E-state index in [0.717, 1.165) is 17.6 Å². The average Bonchev–Trinajstić information content (AvgIpc) is 2.80. The molecule has 5 nitrogen and oxygen atoms in total. The Bertz CT molecular complexity index is 770. The van der Waals surface area contributed by atoms with Crippen LogP contribution in [0.1, 0.15) is 15.9 Å². The summed E-state index contributed by atoms with van der Waals surface area (Å²) in [5, 5.41) is 5.09. The van der Waals surface area contributed by atoms with Gasteiger partial charge >= 0.3 is 6.18 Å². The van der Waals surface area contributed by atoms with Crippen LogP contribution < -0.4 is 16.2 Å². The predicted molar refractivity (Wildman–Crippen MR) is 80.8 cm³/mol. The number of alkyl halides is 3. The van der Waals surface area contributed by atoms with E-state index >= 15 is 0 Å². The van der Waals surface area contributed by atoms with Crippen LogP contribution in [0.4, 0.5) is 23.9 Å². The highest BCUT2D eigenvalue weighted by Crippen LogP contribution is 2.37. The monoisotopic (exact) mass is 395 g/mol. The van der Waals surface area contributed by atoms with Crippen molar-refractivity contribution in [3.8, 4) is 0 Å². The molecule has 0 fully saturated rings. The number of amides is 1. The zero-order chi connectivity index (χ0) is 16.5. The lowest BCUT2D eigenvalue weighted by Gasteiger charge is -2.12. The van der Waals surface area contributed by atoms with Crippen molar-refractivity contribution >= 4 is 44.1 Å². The fourth-order valence-corrected chi connectivity index (χ4v) is 2.90. The molecular formula is C12H9BrF3N3O2S. The van der Waals surface area contributed by atoms with Crippen LogP contribution in [0.25, 0.3) is 0 Å². The summed E-state index contributed by atoms with van der Waals surface area (Å²) in [7, 11) is 1.35. The largest absolute Gasteiger partial charge is 0.417 e. The number of hydrogen-bond donors (Lipinski definition) is 3. The summed E-state index contributed by atoms with van der Waals surface area (Å²) in [4.78, 5) is 23.2. The molecule has 0 saturated carbocycles. The molecule has 118 valence electrons.